The average molecular weight is 242 g/mol. The number of hydrogen-bond acceptors (Lipinski definition) is 4. The van der Waals surface area contributed by atoms with Gasteiger partial charge in [0.25, 0.3) is 0 Å². The molecule has 18 heavy (non-hydrogen) atoms. The summed E-state index contributed by atoms with van der Waals surface area (Å²) in [7, 11) is 0. The maximum atomic E-state index is 10.9. The number of carbonyl (C=O) groups is 1. The zero-order valence-electron chi connectivity index (χ0n) is 10.2. The van der Waals surface area contributed by atoms with Gasteiger partial charge in [0.15, 0.2) is 0 Å². The number of aryl methyl sites for hydroxylation is 1. The highest BCUT2D eigenvalue weighted by Gasteiger charge is 2.24. The molecule has 1 aromatic heterocycles. The van der Waals surface area contributed by atoms with Crippen LogP contribution in [0.15, 0.2) is 18.2 Å². The fraction of sp³-hybridized carbons (Fsp3) is 0.286. The predicted molar refractivity (Wildman–Crippen MR) is 64.6 cm³/mol. The van der Waals surface area contributed by atoms with Crippen LogP contribution in [0, 0.1) is 6.92 Å². The number of benzene rings is 1. The van der Waals surface area contributed by atoms with Crippen LogP contribution in [-0.2, 0) is 6.42 Å². The van der Waals surface area contributed by atoms with E-state index in [2.05, 4.69) is 4.98 Å². The van der Waals surface area contributed by atoms with Crippen molar-refractivity contribution < 1.29 is 14.6 Å². The summed E-state index contributed by atoms with van der Waals surface area (Å²) in [6.07, 6.45) is 0.928. The Labute approximate surface area is 104 Å². The van der Waals surface area contributed by atoms with Crippen molar-refractivity contribution in [3.05, 3.63) is 35.0 Å². The molecule has 1 aliphatic rings. The second-order valence-electron chi connectivity index (χ2n) is 4.66. The number of carboxylic acids is 1. The molecule has 0 unspecified atom stereocenters. The fourth-order valence-corrected chi connectivity index (χ4v) is 2.42. The summed E-state index contributed by atoms with van der Waals surface area (Å²) in [5, 5.41) is 11.7. The van der Waals surface area contributed by atoms with E-state index in [1.54, 1.807) is 12.1 Å². The predicted octanol–water partition coefficient (Wildman–Crippen LogP) is 1.23. The van der Waals surface area contributed by atoms with E-state index < -0.39 is 5.97 Å². The number of rotatable bonds is 1. The van der Waals surface area contributed by atoms with Crippen LogP contribution >= 0.6 is 0 Å². The van der Waals surface area contributed by atoms with Crippen LogP contribution in [0.5, 0.6) is 5.75 Å². The Kier molecular flexibility index (Phi) is 2.26. The van der Waals surface area contributed by atoms with Gasteiger partial charge in [0.05, 0.1) is 11.5 Å². The van der Waals surface area contributed by atoms with Crippen LogP contribution in [0.1, 0.15) is 28.5 Å². The van der Waals surface area contributed by atoms with Crippen molar-refractivity contribution in [2.24, 2.45) is 0 Å². The van der Waals surface area contributed by atoms with E-state index in [0.29, 0.717) is 0 Å². The molecule has 0 bridgehead atoms. The molecule has 2 heterocycles. The maximum Gasteiger partial charge on any atom is 0.134 e. The molecule has 1 aliphatic heterocycles. The molecule has 4 nitrogen and oxygen atoms in total. The third-order valence-electron chi connectivity index (χ3n) is 3.29. The molecule has 0 saturated heterocycles. The quantitative estimate of drug-likeness (QED) is 0.754. The van der Waals surface area contributed by atoms with Crippen LogP contribution < -0.4 is 9.84 Å². The smallest absolute Gasteiger partial charge is 0.134 e. The number of carboxylic acid groups (broad SMARTS) is 1. The minimum atomic E-state index is -1.18. The lowest BCUT2D eigenvalue weighted by molar-refractivity contribution is -0.255. The van der Waals surface area contributed by atoms with Gasteiger partial charge in [-0.2, -0.15) is 0 Å². The Morgan fingerprint density at radius 2 is 2.28 bits per heavy atom. The fourth-order valence-electron chi connectivity index (χ4n) is 2.42. The first-order valence-electron chi connectivity index (χ1n) is 5.87. The molecular weight excluding hydrogens is 230 g/mol. The van der Waals surface area contributed by atoms with E-state index in [4.69, 9.17) is 4.74 Å². The van der Waals surface area contributed by atoms with Gasteiger partial charge in [-0.3, -0.25) is 4.98 Å². The zero-order valence-corrected chi connectivity index (χ0v) is 10.2. The van der Waals surface area contributed by atoms with Gasteiger partial charge in [-0.25, -0.2) is 0 Å². The molecule has 0 radical (unpaired) electrons. The van der Waals surface area contributed by atoms with Crippen molar-refractivity contribution in [1.82, 2.24) is 4.98 Å². The van der Waals surface area contributed by atoms with Crippen LogP contribution in [0.25, 0.3) is 10.9 Å². The number of pyridine rings is 1. The summed E-state index contributed by atoms with van der Waals surface area (Å²) in [5.74, 6) is -0.412. The molecule has 0 fully saturated rings. The molecule has 3 rings (SSSR count). The summed E-state index contributed by atoms with van der Waals surface area (Å²) < 4.78 is 5.78. The molecule has 92 valence electrons. The van der Waals surface area contributed by atoms with Crippen LogP contribution in [0.3, 0.4) is 0 Å². The van der Waals surface area contributed by atoms with Gasteiger partial charge in [-0.05, 0) is 31.5 Å². The zero-order chi connectivity index (χ0) is 12.9. The first kappa shape index (κ1) is 11.0. The van der Waals surface area contributed by atoms with Gasteiger partial charge in [0.2, 0.25) is 0 Å². The molecule has 4 heteroatoms. The first-order chi connectivity index (χ1) is 8.56. The van der Waals surface area contributed by atoms with Gasteiger partial charge in [0.1, 0.15) is 11.9 Å². The molecular formula is C14H12NO3-. The van der Waals surface area contributed by atoms with Gasteiger partial charge < -0.3 is 14.6 Å². The Morgan fingerprint density at radius 3 is 3.00 bits per heavy atom. The number of hydrogen-bond donors (Lipinski definition) is 0. The largest absolute Gasteiger partial charge is 0.545 e. The highest BCUT2D eigenvalue weighted by atomic mass is 16.5. The molecule has 0 N–H and O–H groups in total. The van der Waals surface area contributed by atoms with Crippen molar-refractivity contribution in [3.63, 3.8) is 0 Å². The summed E-state index contributed by atoms with van der Waals surface area (Å²) in [6.45, 7) is 3.94. The number of fused-ring (bicyclic) bond motifs is 3. The minimum Gasteiger partial charge on any atom is -0.545 e. The van der Waals surface area contributed by atoms with Crippen LogP contribution in [0.2, 0.25) is 0 Å². The van der Waals surface area contributed by atoms with Crippen LogP contribution in [0.4, 0.5) is 0 Å². The maximum absolute atomic E-state index is 10.9. The molecule has 2 aromatic rings. The highest BCUT2D eigenvalue weighted by Crippen LogP contribution is 2.37. The summed E-state index contributed by atoms with van der Waals surface area (Å²) >= 11 is 0. The van der Waals surface area contributed by atoms with E-state index in [9.17, 15) is 9.90 Å². The van der Waals surface area contributed by atoms with Crippen LogP contribution in [-0.4, -0.2) is 17.1 Å². The van der Waals surface area contributed by atoms with E-state index in [-0.39, 0.29) is 11.7 Å². The lowest BCUT2D eigenvalue weighted by Gasteiger charge is -2.10. The second kappa shape index (κ2) is 3.70. The Bertz CT molecular complexity index is 664. The van der Waals surface area contributed by atoms with Crippen molar-refractivity contribution >= 4 is 16.9 Å². The third kappa shape index (κ3) is 1.53. The lowest BCUT2D eigenvalue weighted by atomic mass is 10.0. The van der Waals surface area contributed by atoms with E-state index >= 15 is 0 Å². The first-order valence-corrected chi connectivity index (χ1v) is 5.87. The van der Waals surface area contributed by atoms with Crippen molar-refractivity contribution in [2.45, 2.75) is 26.4 Å². The molecule has 0 amide bonds. The van der Waals surface area contributed by atoms with Gasteiger partial charge in [-0.1, -0.05) is 6.07 Å². The SMILES string of the molecule is Cc1nc2ccc(C(=O)[O-])cc2c2c1C[C@@H](C)O2. The van der Waals surface area contributed by atoms with E-state index in [1.807, 2.05) is 13.8 Å². The van der Waals surface area contributed by atoms with Gasteiger partial charge in [0, 0.05) is 23.1 Å². The standard InChI is InChI=1S/C14H13NO3/c1-7-5-10-8(2)15-12-4-3-9(14(16)17)6-11(12)13(10)18-7/h3-4,6-7H,5H2,1-2H3,(H,16,17)/p-1/t7-/m1/s1. The normalized spacial score (nSPS) is 17.6. The molecule has 1 aromatic carbocycles. The number of aromatic nitrogens is 1. The van der Waals surface area contributed by atoms with E-state index in [1.165, 1.54) is 6.07 Å². The molecule has 0 aliphatic carbocycles. The second-order valence-corrected chi connectivity index (χ2v) is 4.66. The monoisotopic (exact) mass is 242 g/mol. The number of ether oxygens (including phenoxy) is 1. The van der Waals surface area contributed by atoms with Crippen molar-refractivity contribution in [3.8, 4) is 5.75 Å². The minimum absolute atomic E-state index is 0.109. The summed E-state index contributed by atoms with van der Waals surface area (Å²) in [5.41, 5.74) is 2.93. The van der Waals surface area contributed by atoms with E-state index in [0.717, 1.165) is 34.3 Å². The van der Waals surface area contributed by atoms with Gasteiger partial charge in [-0.15, -0.1) is 0 Å². The van der Waals surface area contributed by atoms with Gasteiger partial charge >= 0.3 is 0 Å². The van der Waals surface area contributed by atoms with Crippen molar-refractivity contribution in [1.29, 1.82) is 0 Å². The molecule has 0 spiro atoms. The summed E-state index contributed by atoms with van der Waals surface area (Å²) in [6, 6.07) is 4.78. The average Bonchev–Trinajstić information content (AvgIpc) is 2.71. The molecule has 1 atom stereocenters. The van der Waals surface area contributed by atoms with Crippen molar-refractivity contribution in [2.75, 3.05) is 0 Å². The Balaban J connectivity index is 2.32. The topological polar surface area (TPSA) is 62.2 Å². The molecule has 0 saturated carbocycles. The Hall–Kier alpha value is -2.10. The Morgan fingerprint density at radius 1 is 1.50 bits per heavy atom. The number of aromatic carboxylic acids is 1. The summed E-state index contributed by atoms with van der Waals surface area (Å²) in [4.78, 5) is 15.4. The number of carbonyl (C=O) groups excluding carboxylic acids is 1. The lowest BCUT2D eigenvalue weighted by Crippen LogP contribution is -2.22. The highest BCUT2D eigenvalue weighted by molar-refractivity contribution is 5.95. The third-order valence-corrected chi connectivity index (χ3v) is 3.29. The number of nitrogens with zero attached hydrogens (tertiary/aromatic N) is 1.